The quantitative estimate of drug-likeness (QED) is 0.828. The minimum absolute atomic E-state index is 0.0553. The summed E-state index contributed by atoms with van der Waals surface area (Å²) in [6.07, 6.45) is 2.12. The predicted octanol–water partition coefficient (Wildman–Crippen LogP) is 3.45. The van der Waals surface area contributed by atoms with Gasteiger partial charge in [0.15, 0.2) is 0 Å². The van der Waals surface area contributed by atoms with Crippen LogP contribution < -0.4 is 5.32 Å². The Labute approximate surface area is 153 Å². The van der Waals surface area contributed by atoms with Crippen LogP contribution in [0.4, 0.5) is 4.39 Å². The molecule has 5 heteroatoms. The molecule has 0 aromatic heterocycles. The van der Waals surface area contributed by atoms with E-state index < -0.39 is 0 Å². The Hall–Kier alpha value is -2.69. The first-order valence-electron chi connectivity index (χ1n) is 8.92. The summed E-state index contributed by atoms with van der Waals surface area (Å²) in [6, 6.07) is 14.0. The number of carbonyl (C=O) groups excluding carboxylic acids is 2. The van der Waals surface area contributed by atoms with Gasteiger partial charge in [0.05, 0.1) is 0 Å². The second kappa shape index (κ2) is 8.13. The third kappa shape index (κ3) is 4.69. The highest BCUT2D eigenvalue weighted by molar-refractivity contribution is 5.94. The summed E-state index contributed by atoms with van der Waals surface area (Å²) in [7, 11) is 0. The fourth-order valence-electron chi connectivity index (χ4n) is 2.93. The van der Waals surface area contributed by atoms with Crippen molar-refractivity contribution in [3.63, 3.8) is 0 Å². The summed E-state index contributed by atoms with van der Waals surface area (Å²) in [6.45, 7) is 2.48. The second-order valence-corrected chi connectivity index (χ2v) is 6.72. The third-order valence-electron chi connectivity index (χ3n) is 4.51. The molecule has 2 aromatic rings. The maximum Gasteiger partial charge on any atom is 0.251 e. The lowest BCUT2D eigenvalue weighted by Crippen LogP contribution is -2.36. The normalized spacial score (nSPS) is 13.3. The smallest absolute Gasteiger partial charge is 0.251 e. The van der Waals surface area contributed by atoms with Crippen LogP contribution in [0.1, 0.15) is 40.7 Å². The standard InChI is InChI=1S/C21H23FN2O2/c1-15-5-4-7-16(13-15)21(26)23-12-11-20(25)24(18-9-10-18)14-17-6-2-3-8-19(17)22/h2-8,13,18H,9-12,14H2,1H3,(H,23,26). The van der Waals surface area contributed by atoms with Crippen molar-refractivity contribution >= 4 is 11.8 Å². The van der Waals surface area contributed by atoms with E-state index in [1.54, 1.807) is 29.2 Å². The number of rotatable bonds is 7. The zero-order chi connectivity index (χ0) is 18.5. The van der Waals surface area contributed by atoms with Crippen LogP contribution in [0, 0.1) is 12.7 Å². The van der Waals surface area contributed by atoms with E-state index in [-0.39, 0.29) is 43.2 Å². The maximum absolute atomic E-state index is 13.9. The van der Waals surface area contributed by atoms with Gasteiger partial charge in [0.1, 0.15) is 5.82 Å². The van der Waals surface area contributed by atoms with Gasteiger partial charge in [-0.3, -0.25) is 9.59 Å². The Morgan fingerprint density at radius 3 is 2.62 bits per heavy atom. The molecule has 1 saturated carbocycles. The molecule has 3 rings (SSSR count). The van der Waals surface area contributed by atoms with E-state index in [0.717, 1.165) is 18.4 Å². The fraction of sp³-hybridized carbons (Fsp3) is 0.333. The van der Waals surface area contributed by atoms with Gasteiger partial charge in [-0.05, 0) is 38.0 Å². The Balaban J connectivity index is 1.54. The summed E-state index contributed by atoms with van der Waals surface area (Å²) in [4.78, 5) is 26.4. The van der Waals surface area contributed by atoms with Gasteiger partial charge in [0, 0.05) is 36.7 Å². The summed E-state index contributed by atoms with van der Waals surface area (Å²) in [5, 5.41) is 2.79. The number of nitrogens with one attached hydrogen (secondary N) is 1. The first-order chi connectivity index (χ1) is 12.5. The Morgan fingerprint density at radius 1 is 1.15 bits per heavy atom. The molecule has 1 aliphatic carbocycles. The van der Waals surface area contributed by atoms with Crippen LogP contribution in [-0.4, -0.2) is 29.3 Å². The molecule has 1 fully saturated rings. The summed E-state index contributed by atoms with van der Waals surface area (Å²) < 4.78 is 13.9. The van der Waals surface area contributed by atoms with Crippen molar-refractivity contribution in [3.8, 4) is 0 Å². The molecule has 0 aliphatic heterocycles. The van der Waals surface area contributed by atoms with Crippen LogP contribution >= 0.6 is 0 Å². The molecule has 136 valence electrons. The highest BCUT2D eigenvalue weighted by Crippen LogP contribution is 2.29. The van der Waals surface area contributed by atoms with E-state index in [1.165, 1.54) is 6.07 Å². The molecular weight excluding hydrogens is 331 g/mol. The van der Waals surface area contributed by atoms with Gasteiger partial charge in [-0.25, -0.2) is 4.39 Å². The number of amides is 2. The number of carbonyl (C=O) groups is 2. The van der Waals surface area contributed by atoms with Crippen molar-refractivity contribution in [2.45, 2.75) is 38.8 Å². The van der Waals surface area contributed by atoms with Gasteiger partial charge < -0.3 is 10.2 Å². The van der Waals surface area contributed by atoms with Crippen LogP contribution in [0.15, 0.2) is 48.5 Å². The van der Waals surface area contributed by atoms with Crippen molar-refractivity contribution in [2.24, 2.45) is 0 Å². The van der Waals surface area contributed by atoms with Crippen molar-refractivity contribution in [3.05, 3.63) is 71.0 Å². The highest BCUT2D eigenvalue weighted by Gasteiger charge is 2.32. The van der Waals surface area contributed by atoms with Crippen LogP contribution in [0.25, 0.3) is 0 Å². The van der Waals surface area contributed by atoms with Gasteiger partial charge >= 0.3 is 0 Å². The van der Waals surface area contributed by atoms with Crippen LogP contribution in [-0.2, 0) is 11.3 Å². The molecule has 1 aliphatic rings. The monoisotopic (exact) mass is 354 g/mol. The largest absolute Gasteiger partial charge is 0.352 e. The number of benzene rings is 2. The lowest BCUT2D eigenvalue weighted by Gasteiger charge is -2.23. The molecular formula is C21H23FN2O2. The molecule has 0 atom stereocenters. The van der Waals surface area contributed by atoms with E-state index in [4.69, 9.17) is 0 Å². The molecule has 2 amide bonds. The van der Waals surface area contributed by atoms with E-state index in [9.17, 15) is 14.0 Å². The van der Waals surface area contributed by atoms with Crippen LogP contribution in [0.3, 0.4) is 0 Å². The average Bonchev–Trinajstić information content (AvgIpc) is 3.45. The van der Waals surface area contributed by atoms with E-state index in [2.05, 4.69) is 5.32 Å². The lowest BCUT2D eigenvalue weighted by molar-refractivity contribution is -0.132. The average molecular weight is 354 g/mol. The number of hydrogen-bond acceptors (Lipinski definition) is 2. The Morgan fingerprint density at radius 2 is 1.92 bits per heavy atom. The number of halogens is 1. The second-order valence-electron chi connectivity index (χ2n) is 6.72. The van der Waals surface area contributed by atoms with Crippen LogP contribution in [0.5, 0.6) is 0 Å². The minimum atomic E-state index is -0.293. The molecule has 0 unspecified atom stereocenters. The first-order valence-corrected chi connectivity index (χ1v) is 8.92. The topological polar surface area (TPSA) is 49.4 Å². The molecule has 1 N–H and O–H groups in total. The SMILES string of the molecule is Cc1cccc(C(=O)NCCC(=O)N(Cc2ccccc2F)C2CC2)c1. The van der Waals surface area contributed by atoms with Crippen LogP contribution in [0.2, 0.25) is 0 Å². The Bertz CT molecular complexity index is 802. The molecule has 0 saturated heterocycles. The van der Waals surface area contributed by atoms with Crippen molar-refractivity contribution < 1.29 is 14.0 Å². The van der Waals surface area contributed by atoms with Crippen molar-refractivity contribution in [2.75, 3.05) is 6.54 Å². The Kier molecular flexibility index (Phi) is 5.66. The summed E-state index contributed by atoms with van der Waals surface area (Å²) in [5.74, 6) is -0.535. The molecule has 4 nitrogen and oxygen atoms in total. The van der Waals surface area contributed by atoms with Crippen molar-refractivity contribution in [1.82, 2.24) is 10.2 Å². The number of nitrogens with zero attached hydrogens (tertiary/aromatic N) is 1. The van der Waals surface area contributed by atoms with E-state index in [1.807, 2.05) is 25.1 Å². The minimum Gasteiger partial charge on any atom is -0.352 e. The molecule has 0 heterocycles. The summed E-state index contributed by atoms with van der Waals surface area (Å²) in [5.41, 5.74) is 2.12. The van der Waals surface area contributed by atoms with Gasteiger partial charge in [0.25, 0.3) is 5.91 Å². The molecule has 26 heavy (non-hydrogen) atoms. The third-order valence-corrected chi connectivity index (χ3v) is 4.51. The lowest BCUT2D eigenvalue weighted by atomic mass is 10.1. The first kappa shape index (κ1) is 18.1. The van der Waals surface area contributed by atoms with Gasteiger partial charge in [0.2, 0.25) is 5.91 Å². The predicted molar refractivity (Wildman–Crippen MR) is 98.1 cm³/mol. The van der Waals surface area contributed by atoms with Gasteiger partial charge in [-0.1, -0.05) is 35.9 Å². The zero-order valence-corrected chi connectivity index (χ0v) is 14.9. The maximum atomic E-state index is 13.9. The highest BCUT2D eigenvalue weighted by atomic mass is 19.1. The van der Waals surface area contributed by atoms with Crippen molar-refractivity contribution in [1.29, 1.82) is 0 Å². The van der Waals surface area contributed by atoms with E-state index >= 15 is 0 Å². The molecule has 0 spiro atoms. The van der Waals surface area contributed by atoms with E-state index in [0.29, 0.717) is 11.1 Å². The summed E-state index contributed by atoms with van der Waals surface area (Å²) >= 11 is 0. The number of hydrogen-bond donors (Lipinski definition) is 1. The van der Waals surface area contributed by atoms with Gasteiger partial charge in [-0.15, -0.1) is 0 Å². The molecule has 0 radical (unpaired) electrons. The molecule has 2 aromatic carbocycles. The zero-order valence-electron chi connectivity index (χ0n) is 14.9. The van der Waals surface area contributed by atoms with Gasteiger partial charge in [-0.2, -0.15) is 0 Å². The number of aryl methyl sites for hydroxylation is 1. The molecule has 0 bridgehead atoms. The fourth-order valence-corrected chi connectivity index (χ4v) is 2.93.